The normalized spacial score (nSPS) is 19.6. The first-order valence-corrected chi connectivity index (χ1v) is 7.40. The highest BCUT2D eigenvalue weighted by Gasteiger charge is 2.28. The average molecular weight is 261 g/mol. The number of likely N-dealkylation sites (tertiary alicyclic amines) is 1. The van der Waals surface area contributed by atoms with Gasteiger partial charge in [-0.15, -0.1) is 0 Å². The number of rotatable bonds is 3. The minimum atomic E-state index is 0.277. The van der Waals surface area contributed by atoms with Gasteiger partial charge >= 0.3 is 0 Å². The van der Waals surface area contributed by atoms with Crippen LogP contribution in [-0.4, -0.2) is 36.8 Å². The predicted octanol–water partition coefficient (Wildman–Crippen LogP) is 3.03. The molecule has 1 N–H and O–H groups in total. The second kappa shape index (κ2) is 6.06. The van der Waals surface area contributed by atoms with Gasteiger partial charge in [0.2, 0.25) is 0 Å². The molecular weight excluding hydrogens is 234 g/mol. The molecule has 2 rings (SSSR count). The molecule has 2 nitrogen and oxygen atoms in total. The van der Waals surface area contributed by atoms with Gasteiger partial charge in [0.05, 0.1) is 6.61 Å². The molecule has 0 spiro atoms. The molecule has 1 aromatic rings. The second-order valence-electron chi connectivity index (χ2n) is 6.24. The van der Waals surface area contributed by atoms with Gasteiger partial charge < -0.3 is 10.0 Å². The largest absolute Gasteiger partial charge is 0.396 e. The number of benzene rings is 1. The highest BCUT2D eigenvalue weighted by molar-refractivity contribution is 5.40. The number of nitrogens with zero attached hydrogens (tertiary/aromatic N) is 1. The Kier molecular flexibility index (Phi) is 4.64. The van der Waals surface area contributed by atoms with Crippen molar-refractivity contribution in [1.29, 1.82) is 0 Å². The Morgan fingerprint density at radius 2 is 1.68 bits per heavy atom. The Morgan fingerprint density at radius 3 is 2.16 bits per heavy atom. The molecule has 0 amide bonds. The summed E-state index contributed by atoms with van der Waals surface area (Å²) in [5.41, 5.74) is 5.40. The lowest BCUT2D eigenvalue weighted by molar-refractivity contribution is 0.156. The van der Waals surface area contributed by atoms with Crippen molar-refractivity contribution in [2.24, 2.45) is 5.92 Å². The summed E-state index contributed by atoms with van der Waals surface area (Å²) >= 11 is 0. The Morgan fingerprint density at radius 1 is 1.16 bits per heavy atom. The van der Waals surface area contributed by atoms with Crippen molar-refractivity contribution < 1.29 is 5.11 Å². The summed E-state index contributed by atoms with van der Waals surface area (Å²) in [5.74, 6) is 0.940. The van der Waals surface area contributed by atoms with Crippen LogP contribution in [0.1, 0.15) is 41.0 Å². The van der Waals surface area contributed by atoms with E-state index in [1.807, 2.05) is 0 Å². The fraction of sp³-hybridized carbons (Fsp3) is 0.647. The molecule has 0 aliphatic carbocycles. The van der Waals surface area contributed by atoms with Crippen molar-refractivity contribution in [1.82, 2.24) is 4.90 Å². The first kappa shape index (κ1) is 14.5. The third-order valence-electron chi connectivity index (χ3n) is 4.64. The van der Waals surface area contributed by atoms with Gasteiger partial charge in [0.25, 0.3) is 0 Å². The maximum Gasteiger partial charge on any atom is 0.0502 e. The predicted molar refractivity (Wildman–Crippen MR) is 80.7 cm³/mol. The monoisotopic (exact) mass is 261 g/mol. The van der Waals surface area contributed by atoms with E-state index >= 15 is 0 Å². The van der Waals surface area contributed by atoms with E-state index in [-0.39, 0.29) is 6.61 Å². The zero-order valence-electron chi connectivity index (χ0n) is 12.7. The van der Waals surface area contributed by atoms with E-state index in [4.69, 9.17) is 0 Å². The highest BCUT2D eigenvalue weighted by atomic mass is 16.3. The molecule has 106 valence electrons. The van der Waals surface area contributed by atoms with Crippen molar-refractivity contribution in [2.45, 2.75) is 39.5 Å². The zero-order valence-corrected chi connectivity index (χ0v) is 12.7. The van der Waals surface area contributed by atoms with Gasteiger partial charge in [0.15, 0.2) is 0 Å². The summed E-state index contributed by atoms with van der Waals surface area (Å²) in [4.78, 5) is 2.39. The van der Waals surface area contributed by atoms with Crippen LogP contribution in [0.15, 0.2) is 12.1 Å². The molecule has 2 heteroatoms. The van der Waals surface area contributed by atoms with Crippen LogP contribution in [0.3, 0.4) is 0 Å². The summed E-state index contributed by atoms with van der Waals surface area (Å²) in [7, 11) is 2.19. The fourth-order valence-electron chi connectivity index (χ4n) is 3.68. The number of aryl methyl sites for hydroxylation is 3. The van der Waals surface area contributed by atoms with Gasteiger partial charge in [-0.05, 0) is 76.4 Å². The standard InChI is InChI=1S/C17H27NO/c1-12-9-13(2)17(14(3)10-12)16(11-19)15-5-7-18(4)8-6-15/h9-10,15-16,19H,5-8,11H2,1-4H3. The molecule has 0 radical (unpaired) electrons. The number of hydrogen-bond donors (Lipinski definition) is 1. The Balaban J connectivity index is 2.27. The van der Waals surface area contributed by atoms with Gasteiger partial charge in [-0.3, -0.25) is 0 Å². The van der Waals surface area contributed by atoms with Crippen LogP contribution in [0.4, 0.5) is 0 Å². The third kappa shape index (κ3) is 3.18. The van der Waals surface area contributed by atoms with Crippen molar-refractivity contribution >= 4 is 0 Å². The molecule has 1 fully saturated rings. The van der Waals surface area contributed by atoms with E-state index in [9.17, 15) is 5.11 Å². The fourth-order valence-corrected chi connectivity index (χ4v) is 3.68. The van der Waals surface area contributed by atoms with E-state index in [0.717, 1.165) is 13.1 Å². The minimum Gasteiger partial charge on any atom is -0.396 e. The van der Waals surface area contributed by atoms with Gasteiger partial charge in [-0.1, -0.05) is 17.7 Å². The summed E-state index contributed by atoms with van der Waals surface area (Å²) in [6.07, 6.45) is 2.41. The Bertz CT molecular complexity index is 410. The number of piperidine rings is 1. The number of aliphatic hydroxyl groups is 1. The van der Waals surface area contributed by atoms with Crippen molar-refractivity contribution in [3.63, 3.8) is 0 Å². The minimum absolute atomic E-state index is 0.277. The maximum atomic E-state index is 9.90. The molecule has 1 atom stereocenters. The molecule has 1 aromatic carbocycles. The number of hydrogen-bond acceptors (Lipinski definition) is 2. The Labute approximate surface area is 117 Å². The van der Waals surface area contributed by atoms with E-state index in [1.165, 1.54) is 35.1 Å². The van der Waals surface area contributed by atoms with E-state index in [2.05, 4.69) is 44.9 Å². The lowest BCUT2D eigenvalue weighted by Crippen LogP contribution is -2.34. The first-order chi connectivity index (χ1) is 9.02. The van der Waals surface area contributed by atoms with Gasteiger partial charge in [0, 0.05) is 5.92 Å². The smallest absolute Gasteiger partial charge is 0.0502 e. The molecule has 1 aliphatic heterocycles. The van der Waals surface area contributed by atoms with Crippen molar-refractivity contribution in [3.8, 4) is 0 Å². The summed E-state index contributed by atoms with van der Waals surface area (Å²) in [6.45, 7) is 9.11. The SMILES string of the molecule is Cc1cc(C)c(C(CO)C2CCN(C)CC2)c(C)c1. The van der Waals surface area contributed by atoms with Gasteiger partial charge in [-0.2, -0.15) is 0 Å². The lowest BCUT2D eigenvalue weighted by Gasteiger charge is -2.35. The molecule has 1 heterocycles. The van der Waals surface area contributed by atoms with Crippen LogP contribution >= 0.6 is 0 Å². The molecular formula is C17H27NO. The first-order valence-electron chi connectivity index (χ1n) is 7.40. The Hall–Kier alpha value is -0.860. The summed E-state index contributed by atoms with van der Waals surface area (Å²) in [5, 5.41) is 9.90. The molecule has 19 heavy (non-hydrogen) atoms. The summed E-state index contributed by atoms with van der Waals surface area (Å²) in [6, 6.07) is 4.50. The number of aliphatic hydroxyl groups excluding tert-OH is 1. The molecule has 1 unspecified atom stereocenters. The van der Waals surface area contributed by atoms with E-state index < -0.39 is 0 Å². The van der Waals surface area contributed by atoms with Crippen LogP contribution in [0.2, 0.25) is 0 Å². The van der Waals surface area contributed by atoms with Crippen LogP contribution < -0.4 is 0 Å². The summed E-state index contributed by atoms with van der Waals surface area (Å²) < 4.78 is 0. The van der Waals surface area contributed by atoms with Crippen LogP contribution in [0.5, 0.6) is 0 Å². The molecule has 1 aliphatic rings. The van der Waals surface area contributed by atoms with Crippen LogP contribution in [0.25, 0.3) is 0 Å². The van der Waals surface area contributed by atoms with Crippen LogP contribution in [0, 0.1) is 26.7 Å². The maximum absolute atomic E-state index is 9.90. The average Bonchev–Trinajstić information content (AvgIpc) is 2.35. The van der Waals surface area contributed by atoms with E-state index in [0.29, 0.717) is 11.8 Å². The molecule has 1 saturated heterocycles. The van der Waals surface area contributed by atoms with Gasteiger partial charge in [-0.25, -0.2) is 0 Å². The third-order valence-corrected chi connectivity index (χ3v) is 4.64. The quantitative estimate of drug-likeness (QED) is 0.904. The van der Waals surface area contributed by atoms with Crippen LogP contribution in [-0.2, 0) is 0 Å². The van der Waals surface area contributed by atoms with E-state index in [1.54, 1.807) is 0 Å². The molecule has 0 saturated carbocycles. The zero-order chi connectivity index (χ0) is 14.0. The topological polar surface area (TPSA) is 23.5 Å². The van der Waals surface area contributed by atoms with Crippen molar-refractivity contribution in [2.75, 3.05) is 26.7 Å². The van der Waals surface area contributed by atoms with Crippen molar-refractivity contribution in [3.05, 3.63) is 34.4 Å². The molecule has 0 bridgehead atoms. The van der Waals surface area contributed by atoms with Gasteiger partial charge in [0.1, 0.15) is 0 Å². The molecule has 0 aromatic heterocycles. The highest BCUT2D eigenvalue weighted by Crippen LogP contribution is 2.35. The lowest BCUT2D eigenvalue weighted by atomic mass is 9.77. The second-order valence-corrected chi connectivity index (χ2v) is 6.24.